The molecule has 1 fully saturated rings. The topological polar surface area (TPSA) is 66.9 Å². The smallest absolute Gasteiger partial charge is 0.273 e. The summed E-state index contributed by atoms with van der Waals surface area (Å²) in [5.41, 5.74) is 5.58. The molecule has 38 heavy (non-hydrogen) atoms. The fourth-order valence-corrected chi connectivity index (χ4v) is 5.15. The summed E-state index contributed by atoms with van der Waals surface area (Å²) >= 11 is 6.06. The Morgan fingerprint density at radius 1 is 0.974 bits per heavy atom. The summed E-state index contributed by atoms with van der Waals surface area (Å²) in [5.74, 6) is -1.71. The molecule has 7 nitrogen and oxygen atoms in total. The highest BCUT2D eigenvalue weighted by Crippen LogP contribution is 2.38. The van der Waals surface area contributed by atoms with Gasteiger partial charge in [-0.25, -0.2) is 8.78 Å². The molecule has 1 aromatic heterocycles. The van der Waals surface area contributed by atoms with Gasteiger partial charge in [-0.05, 0) is 24.3 Å². The van der Waals surface area contributed by atoms with Crippen molar-refractivity contribution in [2.75, 3.05) is 49.4 Å². The van der Waals surface area contributed by atoms with Gasteiger partial charge in [-0.15, -0.1) is 0 Å². The molecule has 10 heteroatoms. The van der Waals surface area contributed by atoms with Crippen LogP contribution in [0.5, 0.6) is 5.75 Å². The summed E-state index contributed by atoms with van der Waals surface area (Å²) in [4.78, 5) is 20.4. The number of para-hydroxylation sites is 3. The Kier molecular flexibility index (Phi) is 6.47. The molecule has 0 radical (unpaired) electrons. The third kappa shape index (κ3) is 4.37. The van der Waals surface area contributed by atoms with Gasteiger partial charge in [-0.3, -0.25) is 20.2 Å². The van der Waals surface area contributed by atoms with Gasteiger partial charge in [-0.1, -0.05) is 41.9 Å². The summed E-state index contributed by atoms with van der Waals surface area (Å²) in [7, 11) is 0. The maximum atomic E-state index is 14.9. The molecule has 0 spiro atoms. The number of rotatable bonds is 4. The van der Waals surface area contributed by atoms with E-state index in [4.69, 9.17) is 21.1 Å². The Morgan fingerprint density at radius 2 is 1.79 bits per heavy atom. The van der Waals surface area contributed by atoms with Crippen molar-refractivity contribution in [3.8, 4) is 16.9 Å². The number of nitrogens with one attached hydrogen (secondary N) is 1. The first kappa shape index (κ1) is 24.4. The van der Waals surface area contributed by atoms with E-state index in [0.717, 1.165) is 11.8 Å². The number of benzene rings is 3. The van der Waals surface area contributed by atoms with E-state index in [2.05, 4.69) is 15.3 Å². The van der Waals surface area contributed by atoms with Crippen LogP contribution in [0.3, 0.4) is 0 Å². The SMILES string of the molecule is O=C(NN1CCOc2ccccc21)c1cnc2c(-c3cc(Cl)cc(F)c3F)cccc2c1N1CCOCC1. The number of morpholine rings is 1. The van der Waals surface area contributed by atoms with E-state index in [-0.39, 0.29) is 16.5 Å². The van der Waals surface area contributed by atoms with Crippen LogP contribution >= 0.6 is 11.6 Å². The molecule has 6 rings (SSSR count). The van der Waals surface area contributed by atoms with Crippen LogP contribution in [0.4, 0.5) is 20.2 Å². The minimum Gasteiger partial charge on any atom is -0.489 e. The van der Waals surface area contributed by atoms with Gasteiger partial charge in [0, 0.05) is 40.8 Å². The number of aromatic nitrogens is 1. The van der Waals surface area contributed by atoms with E-state index < -0.39 is 11.6 Å². The molecule has 0 aliphatic carbocycles. The van der Waals surface area contributed by atoms with Gasteiger partial charge in [0.05, 0.1) is 42.2 Å². The first-order valence-electron chi connectivity index (χ1n) is 12.2. The molecule has 0 atom stereocenters. The van der Waals surface area contributed by atoms with Crippen LogP contribution < -0.4 is 20.1 Å². The number of hydrogen-bond acceptors (Lipinski definition) is 6. The Morgan fingerprint density at radius 3 is 2.63 bits per heavy atom. The summed E-state index contributed by atoms with van der Waals surface area (Å²) in [6.07, 6.45) is 1.48. The Balaban J connectivity index is 1.47. The lowest BCUT2D eigenvalue weighted by atomic mass is 9.98. The second-order valence-electron chi connectivity index (χ2n) is 8.98. The Labute approximate surface area is 222 Å². The number of halogens is 3. The van der Waals surface area contributed by atoms with E-state index in [1.807, 2.05) is 30.3 Å². The first-order valence-corrected chi connectivity index (χ1v) is 12.6. The molecule has 1 amide bonds. The number of amides is 1. The standard InChI is InChI=1S/C28H23ClF2N4O3/c29-17-14-20(25(31)22(30)15-17)18-4-3-5-19-26(18)32-16-21(27(19)34-8-11-37-12-9-34)28(36)33-35-10-13-38-24-7-2-1-6-23(24)35/h1-7,14-16H,8-13H2,(H,33,36). The molecule has 0 unspecified atom stereocenters. The number of ether oxygens (including phenoxy) is 2. The third-order valence-electron chi connectivity index (χ3n) is 6.69. The highest BCUT2D eigenvalue weighted by atomic mass is 35.5. The molecule has 1 N–H and O–H groups in total. The summed E-state index contributed by atoms with van der Waals surface area (Å²) < 4.78 is 40.3. The van der Waals surface area contributed by atoms with E-state index in [1.165, 1.54) is 12.3 Å². The molecule has 0 bridgehead atoms. The quantitative estimate of drug-likeness (QED) is 0.361. The van der Waals surface area contributed by atoms with Crippen molar-refractivity contribution in [3.05, 3.63) is 83.0 Å². The van der Waals surface area contributed by atoms with E-state index in [9.17, 15) is 13.6 Å². The molecular weight excluding hydrogens is 514 g/mol. The van der Waals surface area contributed by atoms with Crippen molar-refractivity contribution in [2.24, 2.45) is 0 Å². The predicted molar refractivity (Wildman–Crippen MR) is 142 cm³/mol. The van der Waals surface area contributed by atoms with Gasteiger partial charge in [0.2, 0.25) is 0 Å². The van der Waals surface area contributed by atoms with Crippen molar-refractivity contribution < 1.29 is 23.0 Å². The van der Waals surface area contributed by atoms with Crippen LogP contribution in [0.15, 0.2) is 60.8 Å². The van der Waals surface area contributed by atoms with Crippen LogP contribution in [0.25, 0.3) is 22.0 Å². The minimum absolute atomic E-state index is 0.00292. The van der Waals surface area contributed by atoms with Crippen molar-refractivity contribution in [1.82, 2.24) is 10.4 Å². The molecule has 3 aromatic carbocycles. The molecule has 3 heterocycles. The lowest BCUT2D eigenvalue weighted by Gasteiger charge is -2.33. The van der Waals surface area contributed by atoms with Gasteiger partial charge < -0.3 is 14.4 Å². The van der Waals surface area contributed by atoms with Gasteiger partial charge in [0.15, 0.2) is 11.6 Å². The van der Waals surface area contributed by atoms with Crippen molar-refractivity contribution in [2.45, 2.75) is 0 Å². The number of carbonyl (C=O) groups excluding carboxylic acids is 1. The molecular formula is C28H23ClF2N4O3. The second kappa shape index (κ2) is 10.1. The maximum Gasteiger partial charge on any atom is 0.273 e. The first-order chi connectivity index (χ1) is 18.5. The van der Waals surface area contributed by atoms with Crippen LogP contribution in [-0.4, -0.2) is 50.3 Å². The van der Waals surface area contributed by atoms with Crippen LogP contribution in [0, 0.1) is 11.6 Å². The summed E-state index contributed by atoms with van der Waals surface area (Å²) in [5, 5.41) is 2.47. The predicted octanol–water partition coefficient (Wildman–Crippen LogP) is 5.21. The number of hydrogen-bond donors (Lipinski definition) is 1. The van der Waals surface area contributed by atoms with E-state index in [0.29, 0.717) is 72.9 Å². The Hall–Kier alpha value is -3.95. The number of anilines is 2. The maximum absolute atomic E-state index is 14.9. The van der Waals surface area contributed by atoms with Crippen LogP contribution in [0.2, 0.25) is 5.02 Å². The van der Waals surface area contributed by atoms with Gasteiger partial charge >= 0.3 is 0 Å². The number of pyridine rings is 1. The zero-order chi connectivity index (χ0) is 26.2. The zero-order valence-corrected chi connectivity index (χ0v) is 21.0. The summed E-state index contributed by atoms with van der Waals surface area (Å²) in [6.45, 7) is 3.01. The third-order valence-corrected chi connectivity index (χ3v) is 6.91. The van der Waals surface area contributed by atoms with Gasteiger partial charge in [0.25, 0.3) is 5.91 Å². The fourth-order valence-electron chi connectivity index (χ4n) is 4.94. The Bertz CT molecular complexity index is 1540. The normalized spacial score (nSPS) is 15.2. The van der Waals surface area contributed by atoms with E-state index >= 15 is 0 Å². The largest absolute Gasteiger partial charge is 0.489 e. The minimum atomic E-state index is -1.04. The highest BCUT2D eigenvalue weighted by Gasteiger charge is 2.27. The molecule has 4 aromatic rings. The molecule has 2 aliphatic heterocycles. The lowest BCUT2D eigenvalue weighted by molar-refractivity contribution is 0.0943. The lowest BCUT2D eigenvalue weighted by Crippen LogP contribution is -2.47. The second-order valence-corrected chi connectivity index (χ2v) is 9.42. The number of hydrazine groups is 1. The highest BCUT2D eigenvalue weighted by molar-refractivity contribution is 6.31. The van der Waals surface area contributed by atoms with Gasteiger partial charge in [0.1, 0.15) is 12.4 Å². The van der Waals surface area contributed by atoms with Crippen LogP contribution in [-0.2, 0) is 4.74 Å². The fraction of sp³-hybridized carbons (Fsp3) is 0.214. The van der Waals surface area contributed by atoms with Gasteiger partial charge in [-0.2, -0.15) is 0 Å². The average Bonchev–Trinajstić information content (AvgIpc) is 2.94. The summed E-state index contributed by atoms with van der Waals surface area (Å²) in [6, 6.07) is 15.0. The monoisotopic (exact) mass is 536 g/mol. The number of nitrogens with zero attached hydrogens (tertiary/aromatic N) is 3. The molecule has 1 saturated heterocycles. The van der Waals surface area contributed by atoms with Crippen molar-refractivity contribution in [3.63, 3.8) is 0 Å². The molecule has 194 valence electrons. The molecule has 2 aliphatic rings. The van der Waals surface area contributed by atoms with Crippen molar-refractivity contribution in [1.29, 1.82) is 0 Å². The molecule has 0 saturated carbocycles. The number of fused-ring (bicyclic) bond motifs is 2. The van der Waals surface area contributed by atoms with Crippen molar-refractivity contribution >= 4 is 39.8 Å². The average molecular weight is 537 g/mol. The number of carbonyl (C=O) groups is 1. The van der Waals surface area contributed by atoms with Crippen LogP contribution in [0.1, 0.15) is 10.4 Å². The zero-order valence-electron chi connectivity index (χ0n) is 20.2. The van der Waals surface area contributed by atoms with E-state index in [1.54, 1.807) is 17.1 Å².